The van der Waals surface area contributed by atoms with Gasteiger partial charge in [-0.2, -0.15) is 0 Å². The molecule has 3 heterocycles. The van der Waals surface area contributed by atoms with Crippen molar-refractivity contribution in [3.63, 3.8) is 0 Å². The van der Waals surface area contributed by atoms with Gasteiger partial charge in [-0.05, 0) is 12.1 Å². The molecule has 0 radical (unpaired) electrons. The maximum absolute atomic E-state index is 12.9. The number of aromatic nitrogens is 2. The average Bonchev–Trinajstić information content (AvgIpc) is 3.16. The second-order valence-corrected chi connectivity index (χ2v) is 5.82. The standard InChI is InChI=1S/C16H18N4O2/c1-19-12-4-2-3-5-14(12)22-11-8-13(16(19)21)20(9-11)10-15-17-6-7-18-15/h2-7,11,13H,8-10H2,1H3,(H,17,18). The molecule has 1 aromatic heterocycles. The molecule has 2 aliphatic rings. The molecule has 1 N–H and O–H groups in total. The number of ether oxygens (including phenoxy) is 1. The molecule has 2 atom stereocenters. The monoisotopic (exact) mass is 298 g/mol. The molecule has 6 heteroatoms. The van der Waals surface area contributed by atoms with Crippen molar-refractivity contribution in [2.45, 2.75) is 25.1 Å². The predicted octanol–water partition coefficient (Wildman–Crippen LogP) is 1.41. The second kappa shape index (κ2) is 5.14. The highest BCUT2D eigenvalue weighted by Gasteiger charge is 2.42. The normalized spacial score (nSPS) is 24.6. The van der Waals surface area contributed by atoms with Crippen molar-refractivity contribution in [1.29, 1.82) is 0 Å². The Morgan fingerprint density at radius 2 is 2.27 bits per heavy atom. The average molecular weight is 298 g/mol. The molecule has 0 spiro atoms. The topological polar surface area (TPSA) is 61.5 Å². The van der Waals surface area contributed by atoms with Gasteiger partial charge in [0.1, 0.15) is 17.7 Å². The number of carbonyl (C=O) groups excluding carboxylic acids is 1. The molecule has 1 amide bonds. The molecule has 1 aromatic carbocycles. The summed E-state index contributed by atoms with van der Waals surface area (Å²) in [7, 11) is 1.81. The lowest BCUT2D eigenvalue weighted by Crippen LogP contribution is -2.44. The van der Waals surface area contributed by atoms with Crippen LogP contribution < -0.4 is 9.64 Å². The fourth-order valence-corrected chi connectivity index (χ4v) is 3.31. The van der Waals surface area contributed by atoms with Crippen LogP contribution in [-0.4, -0.2) is 46.5 Å². The van der Waals surface area contributed by atoms with E-state index in [0.29, 0.717) is 6.54 Å². The minimum Gasteiger partial charge on any atom is -0.487 e. The van der Waals surface area contributed by atoms with E-state index < -0.39 is 0 Å². The minimum atomic E-state index is -0.159. The molecule has 2 unspecified atom stereocenters. The highest BCUT2D eigenvalue weighted by Crippen LogP contribution is 2.35. The van der Waals surface area contributed by atoms with Crippen LogP contribution in [-0.2, 0) is 11.3 Å². The molecule has 4 rings (SSSR count). The number of nitrogens with zero attached hydrogens (tertiary/aromatic N) is 3. The third-order valence-corrected chi connectivity index (χ3v) is 4.41. The van der Waals surface area contributed by atoms with Gasteiger partial charge in [0.25, 0.3) is 0 Å². The largest absolute Gasteiger partial charge is 0.487 e. The molecular formula is C16H18N4O2. The molecule has 22 heavy (non-hydrogen) atoms. The van der Waals surface area contributed by atoms with Gasteiger partial charge < -0.3 is 14.6 Å². The number of H-pyrrole nitrogens is 1. The predicted molar refractivity (Wildman–Crippen MR) is 81.7 cm³/mol. The molecule has 0 saturated carbocycles. The summed E-state index contributed by atoms with van der Waals surface area (Å²) in [4.78, 5) is 24.1. The highest BCUT2D eigenvalue weighted by molar-refractivity contribution is 5.98. The number of aromatic amines is 1. The quantitative estimate of drug-likeness (QED) is 0.910. The summed E-state index contributed by atoms with van der Waals surface area (Å²) in [6, 6.07) is 7.55. The summed E-state index contributed by atoms with van der Waals surface area (Å²) in [5.74, 6) is 1.77. The second-order valence-electron chi connectivity index (χ2n) is 5.82. The minimum absolute atomic E-state index is 0.0405. The number of hydrogen-bond donors (Lipinski definition) is 1. The van der Waals surface area contributed by atoms with E-state index in [9.17, 15) is 4.79 Å². The van der Waals surface area contributed by atoms with Crippen LogP contribution in [0.25, 0.3) is 0 Å². The van der Waals surface area contributed by atoms with Crippen LogP contribution >= 0.6 is 0 Å². The first-order valence-electron chi connectivity index (χ1n) is 7.48. The van der Waals surface area contributed by atoms with Crippen molar-refractivity contribution >= 4 is 11.6 Å². The number of hydrogen-bond acceptors (Lipinski definition) is 4. The molecule has 114 valence electrons. The van der Waals surface area contributed by atoms with E-state index in [1.807, 2.05) is 31.3 Å². The van der Waals surface area contributed by atoms with Crippen LogP contribution in [0, 0.1) is 0 Å². The number of likely N-dealkylation sites (N-methyl/N-ethyl adjacent to an activating group) is 1. The van der Waals surface area contributed by atoms with Gasteiger partial charge in [-0.15, -0.1) is 0 Å². The number of fused-ring (bicyclic) bond motifs is 3. The Morgan fingerprint density at radius 3 is 3.09 bits per heavy atom. The number of imidazole rings is 1. The number of rotatable bonds is 2. The molecule has 2 aliphatic heterocycles. The maximum Gasteiger partial charge on any atom is 0.244 e. The lowest BCUT2D eigenvalue weighted by atomic mass is 10.1. The Hall–Kier alpha value is -2.34. The SMILES string of the molecule is CN1C(=O)C2CC(CN2Cc2ncc[nH]2)Oc2ccccc21. The first-order chi connectivity index (χ1) is 10.7. The summed E-state index contributed by atoms with van der Waals surface area (Å²) in [6.45, 7) is 1.37. The number of anilines is 1. The van der Waals surface area contributed by atoms with Crippen LogP contribution in [0.3, 0.4) is 0 Å². The molecule has 2 aromatic rings. The van der Waals surface area contributed by atoms with Gasteiger partial charge in [-0.3, -0.25) is 9.69 Å². The lowest BCUT2D eigenvalue weighted by molar-refractivity contribution is -0.122. The zero-order chi connectivity index (χ0) is 15.1. The maximum atomic E-state index is 12.9. The van der Waals surface area contributed by atoms with E-state index in [-0.39, 0.29) is 18.1 Å². The van der Waals surface area contributed by atoms with Crippen LogP contribution in [0.4, 0.5) is 5.69 Å². The smallest absolute Gasteiger partial charge is 0.244 e. The number of amides is 1. The number of likely N-dealkylation sites (tertiary alicyclic amines) is 1. The molecule has 2 bridgehead atoms. The summed E-state index contributed by atoms with van der Waals surface area (Å²) < 4.78 is 6.13. The molecule has 1 fully saturated rings. The fourth-order valence-electron chi connectivity index (χ4n) is 3.31. The Balaban J connectivity index is 1.65. The van der Waals surface area contributed by atoms with Gasteiger partial charge in [0.15, 0.2) is 0 Å². The van der Waals surface area contributed by atoms with Crippen molar-refractivity contribution in [2.75, 3.05) is 18.5 Å². The Morgan fingerprint density at radius 1 is 1.41 bits per heavy atom. The van der Waals surface area contributed by atoms with Gasteiger partial charge in [0.05, 0.1) is 18.3 Å². The van der Waals surface area contributed by atoms with Gasteiger partial charge >= 0.3 is 0 Å². The Kier molecular flexibility index (Phi) is 3.11. The van der Waals surface area contributed by atoms with Crippen molar-refractivity contribution in [2.24, 2.45) is 0 Å². The zero-order valence-corrected chi connectivity index (χ0v) is 12.4. The number of nitrogens with one attached hydrogen (secondary N) is 1. The van der Waals surface area contributed by atoms with Gasteiger partial charge in [0.2, 0.25) is 5.91 Å². The van der Waals surface area contributed by atoms with Gasteiger partial charge in [0, 0.05) is 32.4 Å². The summed E-state index contributed by atoms with van der Waals surface area (Å²) in [6.07, 6.45) is 4.30. The molecule has 1 saturated heterocycles. The van der Waals surface area contributed by atoms with E-state index in [0.717, 1.165) is 30.2 Å². The van der Waals surface area contributed by atoms with E-state index in [4.69, 9.17) is 4.74 Å². The molecule has 6 nitrogen and oxygen atoms in total. The third kappa shape index (κ3) is 2.16. The number of carbonyl (C=O) groups is 1. The van der Waals surface area contributed by atoms with Crippen molar-refractivity contribution < 1.29 is 9.53 Å². The van der Waals surface area contributed by atoms with E-state index in [2.05, 4.69) is 14.9 Å². The van der Waals surface area contributed by atoms with Crippen LogP contribution in [0.5, 0.6) is 5.75 Å². The van der Waals surface area contributed by atoms with Crippen molar-refractivity contribution in [1.82, 2.24) is 14.9 Å². The first kappa shape index (κ1) is 13.3. The first-order valence-corrected chi connectivity index (χ1v) is 7.48. The number of para-hydroxylation sites is 2. The lowest BCUT2D eigenvalue weighted by Gasteiger charge is -2.28. The van der Waals surface area contributed by atoms with Crippen LogP contribution in [0.1, 0.15) is 12.2 Å². The number of benzene rings is 1. The van der Waals surface area contributed by atoms with E-state index >= 15 is 0 Å². The molecule has 0 aliphatic carbocycles. The van der Waals surface area contributed by atoms with Crippen LogP contribution in [0.2, 0.25) is 0 Å². The summed E-state index contributed by atoms with van der Waals surface area (Å²) in [5.41, 5.74) is 0.835. The van der Waals surface area contributed by atoms with Gasteiger partial charge in [-0.1, -0.05) is 12.1 Å². The van der Waals surface area contributed by atoms with E-state index in [1.54, 1.807) is 17.3 Å². The highest BCUT2D eigenvalue weighted by atomic mass is 16.5. The summed E-state index contributed by atoms with van der Waals surface area (Å²) >= 11 is 0. The Bertz CT molecular complexity index is 685. The van der Waals surface area contributed by atoms with Crippen LogP contribution in [0.15, 0.2) is 36.7 Å². The third-order valence-electron chi connectivity index (χ3n) is 4.41. The molecular weight excluding hydrogens is 280 g/mol. The Labute approximate surface area is 128 Å². The van der Waals surface area contributed by atoms with Gasteiger partial charge in [-0.25, -0.2) is 4.98 Å². The fraction of sp³-hybridized carbons (Fsp3) is 0.375. The summed E-state index contributed by atoms with van der Waals surface area (Å²) in [5, 5.41) is 0. The van der Waals surface area contributed by atoms with Crippen molar-refractivity contribution in [3.8, 4) is 5.75 Å². The van der Waals surface area contributed by atoms with Crippen molar-refractivity contribution in [3.05, 3.63) is 42.5 Å². The zero-order valence-electron chi connectivity index (χ0n) is 12.4. The van der Waals surface area contributed by atoms with E-state index in [1.165, 1.54) is 0 Å².